The maximum absolute atomic E-state index is 11.3. The van der Waals surface area contributed by atoms with Gasteiger partial charge in [-0.25, -0.2) is 19.4 Å². The molecule has 112 valence electrons. The summed E-state index contributed by atoms with van der Waals surface area (Å²) in [6.45, 7) is 5.19. The smallest absolute Gasteiger partial charge is 0.377 e. The molecule has 0 radical (unpaired) electrons. The third-order valence-electron chi connectivity index (χ3n) is 3.07. The van der Waals surface area contributed by atoms with Crippen LogP contribution in [0.2, 0.25) is 0 Å². The number of methoxy groups -OCH3 is 1. The molecular formula is C14H19N5O2. The van der Waals surface area contributed by atoms with Crippen LogP contribution in [0.25, 0.3) is 5.82 Å². The van der Waals surface area contributed by atoms with E-state index < -0.39 is 5.97 Å². The average molecular weight is 289 g/mol. The molecule has 0 aromatic carbocycles. The lowest BCUT2D eigenvalue weighted by Gasteiger charge is -2.13. The summed E-state index contributed by atoms with van der Waals surface area (Å²) >= 11 is 0. The van der Waals surface area contributed by atoms with Crippen molar-refractivity contribution in [1.82, 2.24) is 25.1 Å². The Morgan fingerprint density at radius 2 is 2.24 bits per heavy atom. The highest BCUT2D eigenvalue weighted by atomic mass is 16.5. The molecule has 0 spiro atoms. The molecular weight excluding hydrogens is 270 g/mol. The van der Waals surface area contributed by atoms with E-state index in [4.69, 9.17) is 0 Å². The molecule has 1 atom stereocenters. The predicted molar refractivity (Wildman–Crippen MR) is 77.2 cm³/mol. The molecule has 0 aliphatic rings. The third-order valence-corrected chi connectivity index (χ3v) is 3.07. The van der Waals surface area contributed by atoms with Crippen LogP contribution >= 0.6 is 0 Å². The summed E-state index contributed by atoms with van der Waals surface area (Å²) in [6, 6.07) is 4.07. The molecule has 0 bridgehead atoms. The maximum atomic E-state index is 11.3. The van der Waals surface area contributed by atoms with Gasteiger partial charge < -0.3 is 10.1 Å². The molecule has 0 aliphatic carbocycles. The highest BCUT2D eigenvalue weighted by molar-refractivity contribution is 5.84. The van der Waals surface area contributed by atoms with Crippen molar-refractivity contribution >= 4 is 5.97 Å². The predicted octanol–water partition coefficient (Wildman–Crippen LogP) is 1.51. The largest absolute Gasteiger partial charge is 0.463 e. The van der Waals surface area contributed by atoms with Crippen LogP contribution in [0.5, 0.6) is 0 Å². The van der Waals surface area contributed by atoms with Crippen LogP contribution in [-0.4, -0.2) is 39.4 Å². The Morgan fingerprint density at radius 1 is 1.43 bits per heavy atom. The zero-order chi connectivity index (χ0) is 15.2. The highest BCUT2D eigenvalue weighted by Crippen LogP contribution is 2.12. The van der Waals surface area contributed by atoms with E-state index in [-0.39, 0.29) is 11.9 Å². The Kier molecular flexibility index (Phi) is 4.99. The molecule has 2 heterocycles. The second kappa shape index (κ2) is 6.94. The van der Waals surface area contributed by atoms with Gasteiger partial charge in [0.25, 0.3) is 5.82 Å². The summed E-state index contributed by atoms with van der Waals surface area (Å²) in [5.74, 6) is 0.0493. The molecule has 7 nitrogen and oxygen atoms in total. The Morgan fingerprint density at radius 3 is 2.86 bits per heavy atom. The van der Waals surface area contributed by atoms with Crippen LogP contribution < -0.4 is 5.32 Å². The number of nitrogens with one attached hydrogen (secondary N) is 1. The minimum absolute atomic E-state index is 0.0151. The van der Waals surface area contributed by atoms with Gasteiger partial charge in [0.1, 0.15) is 6.33 Å². The van der Waals surface area contributed by atoms with Gasteiger partial charge in [-0.2, -0.15) is 0 Å². The maximum Gasteiger partial charge on any atom is 0.377 e. The molecule has 1 N–H and O–H groups in total. The number of esters is 1. The molecule has 1 unspecified atom stereocenters. The van der Waals surface area contributed by atoms with Crippen molar-refractivity contribution in [2.75, 3.05) is 13.7 Å². The van der Waals surface area contributed by atoms with Gasteiger partial charge in [-0.15, -0.1) is 5.10 Å². The van der Waals surface area contributed by atoms with Gasteiger partial charge in [-0.1, -0.05) is 13.0 Å². The number of ether oxygens (including phenoxy) is 1. The number of carbonyl (C=O) groups excluding carboxylic acids is 1. The van der Waals surface area contributed by atoms with Crippen molar-refractivity contribution in [3.05, 3.63) is 36.0 Å². The number of hydrogen-bond acceptors (Lipinski definition) is 6. The van der Waals surface area contributed by atoms with Crippen molar-refractivity contribution in [2.45, 2.75) is 26.3 Å². The van der Waals surface area contributed by atoms with E-state index in [1.165, 1.54) is 18.1 Å². The molecule has 2 rings (SSSR count). The van der Waals surface area contributed by atoms with Crippen molar-refractivity contribution < 1.29 is 9.53 Å². The fourth-order valence-electron chi connectivity index (χ4n) is 1.83. The van der Waals surface area contributed by atoms with Crippen LogP contribution in [0.1, 0.15) is 42.5 Å². The van der Waals surface area contributed by atoms with Gasteiger partial charge in [0, 0.05) is 12.2 Å². The number of pyridine rings is 1. The van der Waals surface area contributed by atoms with Gasteiger partial charge in [0.15, 0.2) is 5.82 Å². The van der Waals surface area contributed by atoms with Gasteiger partial charge in [0.05, 0.1) is 7.11 Å². The van der Waals surface area contributed by atoms with Gasteiger partial charge in [-0.3, -0.25) is 0 Å². The molecule has 2 aromatic heterocycles. The zero-order valence-electron chi connectivity index (χ0n) is 12.4. The molecule has 2 aromatic rings. The van der Waals surface area contributed by atoms with E-state index in [0.29, 0.717) is 5.82 Å². The zero-order valence-corrected chi connectivity index (χ0v) is 12.4. The van der Waals surface area contributed by atoms with Crippen LogP contribution in [0.15, 0.2) is 24.7 Å². The summed E-state index contributed by atoms with van der Waals surface area (Å²) in [5.41, 5.74) is 1.10. The lowest BCUT2D eigenvalue weighted by atomic mass is 10.1. The standard InChI is InChI=1S/C14H19N5O2/c1-4-7-15-10(2)11-5-6-12(16-8-11)19-9-17-13(18-19)14(20)21-3/h5-6,8-10,15H,4,7H2,1-3H3. The quantitative estimate of drug-likeness (QED) is 0.812. The Balaban J connectivity index is 2.11. The molecule has 0 saturated carbocycles. The van der Waals surface area contributed by atoms with Gasteiger partial charge in [0.2, 0.25) is 0 Å². The second-order valence-electron chi connectivity index (χ2n) is 4.63. The molecule has 0 fully saturated rings. The molecule has 21 heavy (non-hydrogen) atoms. The summed E-state index contributed by atoms with van der Waals surface area (Å²) < 4.78 is 6.01. The molecule has 0 amide bonds. The SMILES string of the molecule is CCCNC(C)c1ccc(-n2cnc(C(=O)OC)n2)nc1. The summed E-state index contributed by atoms with van der Waals surface area (Å²) in [7, 11) is 1.29. The Hall–Kier alpha value is -2.28. The number of hydrogen-bond donors (Lipinski definition) is 1. The van der Waals surface area contributed by atoms with Gasteiger partial charge >= 0.3 is 5.97 Å². The average Bonchev–Trinajstić information content (AvgIpc) is 3.02. The van der Waals surface area contributed by atoms with Crippen LogP contribution in [0, 0.1) is 0 Å². The second-order valence-corrected chi connectivity index (χ2v) is 4.63. The van der Waals surface area contributed by atoms with Crippen LogP contribution in [0.4, 0.5) is 0 Å². The normalized spacial score (nSPS) is 12.1. The van der Waals surface area contributed by atoms with Gasteiger partial charge in [-0.05, 0) is 31.5 Å². The number of nitrogens with zero attached hydrogens (tertiary/aromatic N) is 4. The van der Waals surface area contributed by atoms with Crippen LogP contribution in [-0.2, 0) is 4.74 Å². The first-order valence-electron chi connectivity index (χ1n) is 6.85. The Bertz CT molecular complexity index is 594. The summed E-state index contributed by atoms with van der Waals surface area (Å²) in [5, 5.41) is 7.43. The minimum atomic E-state index is -0.567. The summed E-state index contributed by atoms with van der Waals surface area (Å²) in [6.07, 6.45) is 4.32. The van der Waals surface area contributed by atoms with Crippen molar-refractivity contribution in [1.29, 1.82) is 0 Å². The first-order valence-corrected chi connectivity index (χ1v) is 6.85. The van der Waals surface area contributed by atoms with E-state index in [1.807, 2.05) is 12.1 Å². The van der Waals surface area contributed by atoms with E-state index in [9.17, 15) is 4.79 Å². The highest BCUT2D eigenvalue weighted by Gasteiger charge is 2.12. The first kappa shape index (κ1) is 15.1. The van der Waals surface area contributed by atoms with E-state index in [0.717, 1.165) is 18.5 Å². The lowest BCUT2D eigenvalue weighted by molar-refractivity contribution is 0.0587. The fraction of sp³-hybridized carbons (Fsp3) is 0.429. The van der Waals surface area contributed by atoms with E-state index >= 15 is 0 Å². The minimum Gasteiger partial charge on any atom is -0.463 e. The molecule has 7 heteroatoms. The van der Waals surface area contributed by atoms with Crippen molar-refractivity contribution in [2.24, 2.45) is 0 Å². The van der Waals surface area contributed by atoms with E-state index in [2.05, 4.69) is 39.0 Å². The topological polar surface area (TPSA) is 81.9 Å². The fourth-order valence-corrected chi connectivity index (χ4v) is 1.83. The number of aromatic nitrogens is 4. The van der Waals surface area contributed by atoms with Crippen molar-refractivity contribution in [3.63, 3.8) is 0 Å². The number of rotatable bonds is 6. The first-order chi connectivity index (χ1) is 10.2. The number of carbonyl (C=O) groups is 1. The van der Waals surface area contributed by atoms with Crippen molar-refractivity contribution in [3.8, 4) is 5.82 Å². The Labute approximate surface area is 123 Å². The lowest BCUT2D eigenvalue weighted by Crippen LogP contribution is -2.19. The monoisotopic (exact) mass is 289 g/mol. The van der Waals surface area contributed by atoms with Crippen LogP contribution in [0.3, 0.4) is 0 Å². The van der Waals surface area contributed by atoms with E-state index in [1.54, 1.807) is 6.20 Å². The molecule has 0 saturated heterocycles. The third kappa shape index (κ3) is 3.63. The summed E-state index contributed by atoms with van der Waals surface area (Å²) in [4.78, 5) is 19.5. The molecule has 0 aliphatic heterocycles.